The predicted octanol–water partition coefficient (Wildman–Crippen LogP) is 2.27. The Labute approximate surface area is 112 Å². The zero-order valence-electron chi connectivity index (χ0n) is 12.2. The van der Waals surface area contributed by atoms with Gasteiger partial charge in [0.2, 0.25) is 0 Å². The van der Waals surface area contributed by atoms with Gasteiger partial charge in [-0.3, -0.25) is 4.90 Å². The molecule has 0 aromatic heterocycles. The number of piperidine rings is 1. The van der Waals surface area contributed by atoms with E-state index in [1.54, 1.807) is 0 Å². The lowest BCUT2D eigenvalue weighted by molar-refractivity contribution is -0.0393. The Balaban J connectivity index is 1.74. The van der Waals surface area contributed by atoms with Crippen molar-refractivity contribution >= 4 is 0 Å². The third-order valence-corrected chi connectivity index (χ3v) is 4.47. The lowest BCUT2D eigenvalue weighted by atomic mass is 9.77. The molecule has 3 nitrogen and oxygen atoms in total. The van der Waals surface area contributed by atoms with Gasteiger partial charge in [0.05, 0.1) is 6.10 Å². The first-order valence-electron chi connectivity index (χ1n) is 7.91. The van der Waals surface area contributed by atoms with Gasteiger partial charge in [0, 0.05) is 19.2 Å². The van der Waals surface area contributed by atoms with Crippen molar-refractivity contribution in [3.63, 3.8) is 0 Å². The lowest BCUT2D eigenvalue weighted by Gasteiger charge is -2.47. The average Bonchev–Trinajstić information content (AvgIpc) is 2.36. The molecule has 1 N–H and O–H groups in total. The quantitative estimate of drug-likeness (QED) is 0.754. The molecule has 106 valence electrons. The third-order valence-electron chi connectivity index (χ3n) is 4.47. The molecule has 18 heavy (non-hydrogen) atoms. The van der Waals surface area contributed by atoms with E-state index in [1.165, 1.54) is 45.3 Å². The van der Waals surface area contributed by atoms with Gasteiger partial charge >= 0.3 is 0 Å². The fraction of sp³-hybridized carbons (Fsp3) is 1.00. The van der Waals surface area contributed by atoms with Crippen LogP contribution in [0.15, 0.2) is 0 Å². The summed E-state index contributed by atoms with van der Waals surface area (Å²) in [6.45, 7) is 10.1. The highest BCUT2D eigenvalue weighted by Crippen LogP contribution is 2.33. The molecule has 0 aromatic rings. The van der Waals surface area contributed by atoms with Crippen LogP contribution in [0.4, 0.5) is 0 Å². The molecule has 2 rings (SSSR count). The van der Waals surface area contributed by atoms with Crippen molar-refractivity contribution in [3.05, 3.63) is 0 Å². The maximum absolute atomic E-state index is 5.94. The Kier molecular flexibility index (Phi) is 5.93. The molecule has 1 heterocycles. The summed E-state index contributed by atoms with van der Waals surface area (Å²) >= 11 is 0. The van der Waals surface area contributed by atoms with E-state index in [-0.39, 0.29) is 0 Å². The second kappa shape index (κ2) is 7.46. The van der Waals surface area contributed by atoms with Crippen LogP contribution in [0.5, 0.6) is 0 Å². The highest BCUT2D eigenvalue weighted by molar-refractivity contribution is 4.92. The first-order valence-corrected chi connectivity index (χ1v) is 7.91. The fourth-order valence-electron chi connectivity index (χ4n) is 3.29. The van der Waals surface area contributed by atoms with Crippen molar-refractivity contribution in [3.8, 4) is 0 Å². The molecule has 1 aliphatic heterocycles. The van der Waals surface area contributed by atoms with E-state index >= 15 is 0 Å². The van der Waals surface area contributed by atoms with E-state index < -0.39 is 0 Å². The molecule has 0 spiro atoms. The number of hydrogen-bond acceptors (Lipinski definition) is 3. The molecule has 0 aromatic carbocycles. The van der Waals surface area contributed by atoms with E-state index in [2.05, 4.69) is 24.1 Å². The van der Waals surface area contributed by atoms with E-state index in [0.717, 1.165) is 31.5 Å². The number of hydrogen-bond donors (Lipinski definition) is 1. The summed E-state index contributed by atoms with van der Waals surface area (Å²) in [5.74, 6) is 0.884. The number of nitrogens with zero attached hydrogens (tertiary/aromatic N) is 1. The topological polar surface area (TPSA) is 24.5 Å². The van der Waals surface area contributed by atoms with Gasteiger partial charge in [-0.25, -0.2) is 0 Å². The second-order valence-corrected chi connectivity index (χ2v) is 5.84. The summed E-state index contributed by atoms with van der Waals surface area (Å²) in [6.07, 6.45) is 7.03. The van der Waals surface area contributed by atoms with Crippen molar-refractivity contribution < 1.29 is 4.74 Å². The first kappa shape index (κ1) is 14.3. The van der Waals surface area contributed by atoms with Gasteiger partial charge in [0.15, 0.2) is 0 Å². The molecule has 1 aliphatic carbocycles. The molecule has 2 aliphatic rings. The van der Waals surface area contributed by atoms with Gasteiger partial charge in [0.1, 0.15) is 0 Å². The second-order valence-electron chi connectivity index (χ2n) is 5.84. The zero-order valence-corrected chi connectivity index (χ0v) is 12.2. The Morgan fingerprint density at radius 2 is 2.11 bits per heavy atom. The summed E-state index contributed by atoms with van der Waals surface area (Å²) < 4.78 is 5.94. The van der Waals surface area contributed by atoms with Crippen molar-refractivity contribution in [2.45, 2.75) is 58.1 Å². The largest absolute Gasteiger partial charge is 0.377 e. The number of ether oxygens (including phenoxy) is 1. The van der Waals surface area contributed by atoms with Crippen molar-refractivity contribution in [1.29, 1.82) is 0 Å². The Bertz CT molecular complexity index is 229. The molecule has 0 bridgehead atoms. The molecule has 0 radical (unpaired) electrons. The summed E-state index contributed by atoms with van der Waals surface area (Å²) in [6, 6.07) is 0.831. The van der Waals surface area contributed by atoms with Crippen LogP contribution in [-0.2, 0) is 4.74 Å². The van der Waals surface area contributed by atoms with Crippen molar-refractivity contribution in [1.82, 2.24) is 10.2 Å². The Morgan fingerprint density at radius 1 is 1.22 bits per heavy atom. The maximum atomic E-state index is 5.94. The molecule has 3 unspecified atom stereocenters. The smallest absolute Gasteiger partial charge is 0.0702 e. The van der Waals surface area contributed by atoms with E-state index in [1.807, 2.05) is 0 Å². The SMILES string of the molecule is CCCOC1CCCN(C2CCC2CNCC)C1. The van der Waals surface area contributed by atoms with E-state index in [9.17, 15) is 0 Å². The van der Waals surface area contributed by atoms with Gasteiger partial charge in [-0.05, 0) is 57.7 Å². The van der Waals surface area contributed by atoms with Crippen molar-refractivity contribution in [2.75, 3.05) is 32.8 Å². The van der Waals surface area contributed by atoms with Gasteiger partial charge in [-0.15, -0.1) is 0 Å². The van der Waals surface area contributed by atoms with Crippen LogP contribution < -0.4 is 5.32 Å². The molecular weight excluding hydrogens is 224 g/mol. The van der Waals surface area contributed by atoms with E-state index in [0.29, 0.717) is 6.10 Å². The molecule has 2 fully saturated rings. The standard InChI is InChI=1S/C15H30N2O/c1-3-10-18-14-6-5-9-17(12-14)15-8-7-13(15)11-16-4-2/h13-16H,3-12H2,1-2H3. The first-order chi connectivity index (χ1) is 8.85. The highest BCUT2D eigenvalue weighted by atomic mass is 16.5. The van der Waals surface area contributed by atoms with Crippen LogP contribution >= 0.6 is 0 Å². The molecule has 1 saturated carbocycles. The van der Waals surface area contributed by atoms with E-state index in [4.69, 9.17) is 4.74 Å². The minimum absolute atomic E-state index is 0.499. The molecule has 3 heteroatoms. The Morgan fingerprint density at radius 3 is 2.78 bits per heavy atom. The van der Waals surface area contributed by atoms with Crippen LogP contribution in [0.2, 0.25) is 0 Å². The van der Waals surface area contributed by atoms with Gasteiger partial charge in [-0.2, -0.15) is 0 Å². The molecular formula is C15H30N2O. The minimum Gasteiger partial charge on any atom is -0.377 e. The molecule has 3 atom stereocenters. The van der Waals surface area contributed by atoms with Gasteiger partial charge in [-0.1, -0.05) is 13.8 Å². The summed E-state index contributed by atoms with van der Waals surface area (Å²) in [7, 11) is 0. The zero-order chi connectivity index (χ0) is 12.8. The highest BCUT2D eigenvalue weighted by Gasteiger charge is 2.37. The lowest BCUT2D eigenvalue weighted by Crippen LogP contribution is -2.54. The van der Waals surface area contributed by atoms with Crippen molar-refractivity contribution in [2.24, 2.45) is 5.92 Å². The minimum atomic E-state index is 0.499. The third kappa shape index (κ3) is 3.69. The number of nitrogens with one attached hydrogen (secondary N) is 1. The monoisotopic (exact) mass is 254 g/mol. The Hall–Kier alpha value is -0.120. The normalized spacial score (nSPS) is 33.3. The van der Waals surface area contributed by atoms with Crippen LogP contribution in [-0.4, -0.2) is 49.8 Å². The average molecular weight is 254 g/mol. The van der Waals surface area contributed by atoms with Crippen LogP contribution in [0, 0.1) is 5.92 Å². The number of likely N-dealkylation sites (tertiary alicyclic amines) is 1. The fourth-order valence-corrected chi connectivity index (χ4v) is 3.29. The molecule has 1 saturated heterocycles. The summed E-state index contributed by atoms with van der Waals surface area (Å²) in [5.41, 5.74) is 0. The van der Waals surface area contributed by atoms with Crippen LogP contribution in [0.1, 0.15) is 46.0 Å². The van der Waals surface area contributed by atoms with Crippen LogP contribution in [0.3, 0.4) is 0 Å². The van der Waals surface area contributed by atoms with Gasteiger partial charge in [0.25, 0.3) is 0 Å². The summed E-state index contributed by atoms with van der Waals surface area (Å²) in [5, 5.41) is 3.51. The predicted molar refractivity (Wildman–Crippen MR) is 75.9 cm³/mol. The van der Waals surface area contributed by atoms with Gasteiger partial charge < -0.3 is 10.1 Å². The molecule has 0 amide bonds. The summed E-state index contributed by atoms with van der Waals surface area (Å²) in [4.78, 5) is 2.70. The number of rotatable bonds is 7. The maximum Gasteiger partial charge on any atom is 0.0702 e. The van der Waals surface area contributed by atoms with Crippen LogP contribution in [0.25, 0.3) is 0 Å².